The molecule has 0 spiro atoms. The zero-order valence-corrected chi connectivity index (χ0v) is 13.8. The summed E-state index contributed by atoms with van der Waals surface area (Å²) in [5.74, 6) is -14.6. The van der Waals surface area contributed by atoms with Gasteiger partial charge in [0.2, 0.25) is 5.82 Å². The maximum absolute atomic E-state index is 14.1. The van der Waals surface area contributed by atoms with E-state index < -0.39 is 75.9 Å². The van der Waals surface area contributed by atoms with E-state index in [1.54, 1.807) is 0 Å². The van der Waals surface area contributed by atoms with Crippen LogP contribution in [0.2, 0.25) is 0 Å². The Kier molecular flexibility index (Phi) is 4.56. The van der Waals surface area contributed by atoms with Crippen molar-refractivity contribution in [3.8, 4) is 0 Å². The lowest BCUT2D eigenvalue weighted by atomic mass is 9.91. The molecule has 3 amide bonds. The third-order valence-corrected chi connectivity index (χ3v) is 4.36. The van der Waals surface area contributed by atoms with Crippen LogP contribution in [-0.2, 0) is 16.9 Å². The lowest BCUT2D eigenvalue weighted by Crippen LogP contribution is -2.41. The summed E-state index contributed by atoms with van der Waals surface area (Å²) in [6.07, 6.45) is 0. The van der Waals surface area contributed by atoms with Gasteiger partial charge in [-0.05, 0) is 25.1 Å². The Labute approximate surface area is 152 Å². The van der Waals surface area contributed by atoms with Gasteiger partial charge >= 0.3 is 6.03 Å². The molecule has 1 aliphatic heterocycles. The highest BCUT2D eigenvalue weighted by Gasteiger charge is 2.51. The minimum absolute atomic E-state index is 0.141. The molecule has 28 heavy (non-hydrogen) atoms. The first-order valence-electron chi connectivity index (χ1n) is 7.59. The highest BCUT2D eigenvalue weighted by atomic mass is 19.2. The van der Waals surface area contributed by atoms with Crippen LogP contribution in [0.15, 0.2) is 18.2 Å². The topological polar surface area (TPSA) is 49.4 Å². The third kappa shape index (κ3) is 2.77. The second-order valence-corrected chi connectivity index (χ2v) is 6.12. The van der Waals surface area contributed by atoms with Gasteiger partial charge in [0, 0.05) is 11.1 Å². The number of carbonyl (C=O) groups excluding carboxylic acids is 2. The number of benzene rings is 2. The Balaban J connectivity index is 2.04. The summed E-state index contributed by atoms with van der Waals surface area (Å²) in [6.45, 7) is -0.313. The normalized spacial score (nSPS) is 19.4. The van der Waals surface area contributed by atoms with Gasteiger partial charge in [-0.25, -0.2) is 35.5 Å². The molecule has 0 radical (unpaired) electrons. The monoisotopic (exact) mass is 406 g/mol. The zero-order chi connectivity index (χ0) is 21.0. The molecule has 2 aromatic rings. The van der Waals surface area contributed by atoms with Crippen molar-refractivity contribution in [1.82, 2.24) is 10.2 Å². The molecule has 0 unspecified atom stereocenters. The Morgan fingerprint density at radius 1 is 0.893 bits per heavy atom. The lowest BCUT2D eigenvalue weighted by molar-refractivity contribution is -0.131. The van der Waals surface area contributed by atoms with Crippen molar-refractivity contribution in [1.29, 1.82) is 0 Å². The fraction of sp³-hybridized carbons (Fsp3) is 0.176. The van der Waals surface area contributed by atoms with E-state index in [4.69, 9.17) is 0 Å². The Bertz CT molecular complexity index is 998. The van der Waals surface area contributed by atoms with Gasteiger partial charge in [0.15, 0.2) is 23.3 Å². The SMILES string of the molecule is C[C@]1(c2cc(F)ccc2F)NC(=O)N(Cc2c(F)c(F)c(F)c(F)c2F)C1=O. The van der Waals surface area contributed by atoms with E-state index in [9.17, 15) is 40.3 Å². The molecule has 2 aromatic carbocycles. The fourth-order valence-electron chi connectivity index (χ4n) is 2.85. The minimum atomic E-state index is -2.40. The highest BCUT2D eigenvalue weighted by Crippen LogP contribution is 2.33. The van der Waals surface area contributed by atoms with E-state index in [0.717, 1.165) is 13.0 Å². The van der Waals surface area contributed by atoms with Crippen molar-refractivity contribution in [3.63, 3.8) is 0 Å². The third-order valence-electron chi connectivity index (χ3n) is 4.36. The van der Waals surface area contributed by atoms with Gasteiger partial charge in [-0.3, -0.25) is 9.69 Å². The van der Waals surface area contributed by atoms with E-state index in [1.807, 2.05) is 5.32 Å². The van der Waals surface area contributed by atoms with Gasteiger partial charge in [-0.2, -0.15) is 0 Å². The molecular weight excluding hydrogens is 397 g/mol. The summed E-state index contributed by atoms with van der Waals surface area (Å²) in [5.41, 5.74) is -4.16. The first-order chi connectivity index (χ1) is 13.0. The van der Waals surface area contributed by atoms with Crippen molar-refractivity contribution < 1.29 is 40.3 Å². The summed E-state index contributed by atoms with van der Waals surface area (Å²) in [7, 11) is 0. The van der Waals surface area contributed by atoms with Gasteiger partial charge in [0.1, 0.15) is 17.2 Å². The molecule has 3 rings (SSSR count). The molecule has 1 fully saturated rings. The van der Waals surface area contributed by atoms with Crippen LogP contribution < -0.4 is 5.32 Å². The quantitative estimate of drug-likeness (QED) is 0.366. The average Bonchev–Trinajstić information content (AvgIpc) is 2.87. The highest BCUT2D eigenvalue weighted by molar-refractivity contribution is 6.07. The van der Waals surface area contributed by atoms with Gasteiger partial charge in [0.05, 0.1) is 6.54 Å². The number of carbonyl (C=O) groups is 2. The van der Waals surface area contributed by atoms with Crippen molar-refractivity contribution in [3.05, 3.63) is 70.0 Å². The molecule has 4 nitrogen and oxygen atoms in total. The van der Waals surface area contributed by atoms with Gasteiger partial charge < -0.3 is 5.32 Å². The van der Waals surface area contributed by atoms with Crippen LogP contribution in [0, 0.1) is 40.7 Å². The summed E-state index contributed by atoms with van der Waals surface area (Å²) >= 11 is 0. The molecule has 0 aliphatic carbocycles. The minimum Gasteiger partial charge on any atom is -0.319 e. The summed E-state index contributed by atoms with van der Waals surface area (Å²) in [4.78, 5) is 24.9. The maximum atomic E-state index is 14.1. The standard InChI is InChI=1S/C17H9F7N2O2/c1-17(8-4-6(18)2-3-9(8)19)15(27)26(16(28)25-17)5-7-10(20)12(22)14(24)13(23)11(7)21/h2-4H,5H2,1H3,(H,25,28)/t17-/m1/s1. The van der Waals surface area contributed by atoms with Crippen molar-refractivity contribution >= 4 is 11.9 Å². The number of halogens is 7. The van der Waals surface area contributed by atoms with E-state index >= 15 is 0 Å². The zero-order valence-electron chi connectivity index (χ0n) is 13.8. The molecule has 0 saturated carbocycles. The molecule has 0 bridgehead atoms. The van der Waals surface area contributed by atoms with E-state index in [-0.39, 0.29) is 4.90 Å². The van der Waals surface area contributed by atoms with Gasteiger partial charge in [0.25, 0.3) is 5.91 Å². The van der Waals surface area contributed by atoms with Crippen LogP contribution in [-0.4, -0.2) is 16.8 Å². The maximum Gasteiger partial charge on any atom is 0.325 e. The van der Waals surface area contributed by atoms with Crippen molar-refractivity contribution in [2.75, 3.05) is 0 Å². The van der Waals surface area contributed by atoms with Gasteiger partial charge in [-0.1, -0.05) is 0 Å². The molecule has 1 N–H and O–H groups in total. The number of hydrogen-bond donors (Lipinski definition) is 1. The van der Waals surface area contributed by atoms with Crippen LogP contribution in [0.5, 0.6) is 0 Å². The Morgan fingerprint density at radius 3 is 2.00 bits per heavy atom. The Morgan fingerprint density at radius 2 is 1.43 bits per heavy atom. The summed E-state index contributed by atoms with van der Waals surface area (Å²) in [6, 6.07) is 0.799. The van der Waals surface area contributed by atoms with Crippen LogP contribution in [0.3, 0.4) is 0 Å². The van der Waals surface area contributed by atoms with Crippen LogP contribution in [0.4, 0.5) is 35.5 Å². The largest absolute Gasteiger partial charge is 0.325 e. The lowest BCUT2D eigenvalue weighted by Gasteiger charge is -2.23. The molecule has 1 saturated heterocycles. The van der Waals surface area contributed by atoms with Crippen molar-refractivity contribution in [2.24, 2.45) is 0 Å². The number of rotatable bonds is 3. The smallest absolute Gasteiger partial charge is 0.319 e. The first-order valence-corrected chi connectivity index (χ1v) is 7.59. The first kappa shape index (κ1) is 19.6. The number of nitrogens with one attached hydrogen (secondary N) is 1. The second kappa shape index (κ2) is 6.50. The van der Waals surface area contributed by atoms with E-state index in [0.29, 0.717) is 12.1 Å². The summed E-state index contributed by atoms with van der Waals surface area (Å²) in [5, 5.41) is 2.04. The van der Waals surface area contributed by atoms with E-state index in [2.05, 4.69) is 0 Å². The van der Waals surface area contributed by atoms with E-state index in [1.165, 1.54) is 0 Å². The van der Waals surface area contributed by atoms with Crippen LogP contribution in [0.1, 0.15) is 18.1 Å². The second-order valence-electron chi connectivity index (χ2n) is 6.12. The number of amides is 3. The van der Waals surface area contributed by atoms with Crippen LogP contribution >= 0.6 is 0 Å². The fourth-order valence-corrected chi connectivity index (χ4v) is 2.85. The molecule has 11 heteroatoms. The molecule has 148 valence electrons. The molecular formula is C17H9F7N2O2. The van der Waals surface area contributed by atoms with Crippen molar-refractivity contribution in [2.45, 2.75) is 19.0 Å². The predicted octanol–water partition coefficient (Wildman–Crippen LogP) is 3.63. The summed E-state index contributed by atoms with van der Waals surface area (Å²) < 4.78 is 95.0. The number of urea groups is 1. The molecule has 1 aliphatic rings. The molecule has 1 heterocycles. The number of imide groups is 1. The number of hydrogen-bond acceptors (Lipinski definition) is 2. The van der Waals surface area contributed by atoms with Crippen LogP contribution in [0.25, 0.3) is 0 Å². The predicted molar refractivity (Wildman–Crippen MR) is 79.0 cm³/mol. The van der Waals surface area contributed by atoms with Gasteiger partial charge in [-0.15, -0.1) is 0 Å². The molecule has 1 atom stereocenters. The number of nitrogens with zero attached hydrogens (tertiary/aromatic N) is 1. The average molecular weight is 406 g/mol. The Hall–Kier alpha value is -3.11. The molecule has 0 aromatic heterocycles.